The van der Waals surface area contributed by atoms with Crippen LogP contribution in [-0.4, -0.2) is 33.5 Å². The van der Waals surface area contributed by atoms with E-state index < -0.39 is 0 Å². The zero-order chi connectivity index (χ0) is 21.1. The van der Waals surface area contributed by atoms with Crippen LogP contribution in [0.4, 0.5) is 9.52 Å². The molecule has 9 heteroatoms. The summed E-state index contributed by atoms with van der Waals surface area (Å²) in [5, 5.41) is 11.2. The molecule has 6 nitrogen and oxygen atoms in total. The summed E-state index contributed by atoms with van der Waals surface area (Å²) in [6.07, 6.45) is 0.121. The second-order valence-electron chi connectivity index (χ2n) is 6.54. The van der Waals surface area contributed by atoms with E-state index in [9.17, 15) is 14.0 Å². The van der Waals surface area contributed by atoms with Gasteiger partial charge in [-0.25, -0.2) is 4.39 Å². The predicted molar refractivity (Wildman–Crippen MR) is 116 cm³/mol. The molecule has 0 unspecified atom stereocenters. The van der Waals surface area contributed by atoms with Crippen LogP contribution >= 0.6 is 23.1 Å². The fourth-order valence-corrected chi connectivity index (χ4v) is 4.73. The maximum atomic E-state index is 13.0. The molecule has 2 heterocycles. The molecular formula is C21H17FN4O2S2. The molecule has 1 N–H and O–H groups in total. The standard InChI is InChI=1S/C21H17FN4O2S2/c1-13-16-4-2-3-5-17(16)19(28)26(13)11-10-18(27)23-20-24-25-21(30-20)29-12-14-6-8-15(22)9-7-14/h2-9H,1,10-12H2,(H,23,24,27). The first-order valence-electron chi connectivity index (χ1n) is 9.12. The Morgan fingerprint density at radius 3 is 2.60 bits per heavy atom. The average molecular weight is 441 g/mol. The highest BCUT2D eigenvalue weighted by Gasteiger charge is 2.30. The summed E-state index contributed by atoms with van der Waals surface area (Å²) < 4.78 is 13.7. The van der Waals surface area contributed by atoms with E-state index in [1.807, 2.05) is 12.1 Å². The normalized spacial score (nSPS) is 12.9. The van der Waals surface area contributed by atoms with Gasteiger partial charge in [0.1, 0.15) is 5.82 Å². The number of carbonyl (C=O) groups excluding carboxylic acids is 2. The van der Waals surface area contributed by atoms with Crippen LogP contribution in [0.15, 0.2) is 59.4 Å². The summed E-state index contributed by atoms with van der Waals surface area (Å²) in [6.45, 7) is 4.21. The van der Waals surface area contributed by atoms with Gasteiger partial charge in [-0.3, -0.25) is 9.59 Å². The third kappa shape index (κ3) is 4.42. The molecule has 0 atom stereocenters. The SMILES string of the molecule is C=C1c2ccccc2C(=O)N1CCC(=O)Nc1nnc(SCc2ccc(F)cc2)s1. The Balaban J connectivity index is 1.27. The Labute approximate surface area is 180 Å². The Morgan fingerprint density at radius 1 is 1.13 bits per heavy atom. The molecular weight excluding hydrogens is 423 g/mol. The summed E-state index contributed by atoms with van der Waals surface area (Å²) in [4.78, 5) is 26.3. The van der Waals surface area contributed by atoms with E-state index in [0.29, 0.717) is 26.5 Å². The zero-order valence-corrected chi connectivity index (χ0v) is 17.4. The maximum absolute atomic E-state index is 13.0. The number of thioether (sulfide) groups is 1. The Hall–Kier alpha value is -3.04. The van der Waals surface area contributed by atoms with Crippen molar-refractivity contribution in [2.24, 2.45) is 0 Å². The van der Waals surface area contributed by atoms with Crippen LogP contribution in [0.5, 0.6) is 0 Å². The molecule has 2 aromatic carbocycles. The fourth-order valence-electron chi connectivity index (χ4n) is 3.01. The number of benzene rings is 2. The summed E-state index contributed by atoms with van der Waals surface area (Å²) in [5.74, 6) is -0.0351. The smallest absolute Gasteiger partial charge is 0.258 e. The monoisotopic (exact) mass is 440 g/mol. The van der Waals surface area contributed by atoms with Crippen LogP contribution in [0.3, 0.4) is 0 Å². The number of nitrogens with one attached hydrogen (secondary N) is 1. The van der Waals surface area contributed by atoms with Crippen molar-refractivity contribution in [3.05, 3.63) is 77.6 Å². The number of hydrogen-bond acceptors (Lipinski definition) is 6. The van der Waals surface area contributed by atoms with Crippen molar-refractivity contribution < 1.29 is 14.0 Å². The number of fused-ring (bicyclic) bond motifs is 1. The van der Waals surface area contributed by atoms with Crippen LogP contribution in [-0.2, 0) is 10.5 Å². The lowest BCUT2D eigenvalue weighted by atomic mass is 10.1. The second-order valence-corrected chi connectivity index (χ2v) is 8.74. The summed E-state index contributed by atoms with van der Waals surface area (Å²) >= 11 is 2.73. The molecule has 152 valence electrons. The molecule has 0 aliphatic carbocycles. The van der Waals surface area contributed by atoms with E-state index in [1.165, 1.54) is 40.1 Å². The molecule has 0 saturated carbocycles. The third-order valence-electron chi connectivity index (χ3n) is 4.53. The van der Waals surface area contributed by atoms with Crippen LogP contribution in [0, 0.1) is 5.82 Å². The van der Waals surface area contributed by atoms with E-state index >= 15 is 0 Å². The van der Waals surface area contributed by atoms with E-state index in [4.69, 9.17) is 0 Å². The van der Waals surface area contributed by atoms with E-state index in [1.54, 1.807) is 24.3 Å². The number of anilines is 1. The summed E-state index contributed by atoms with van der Waals surface area (Å²) in [7, 11) is 0. The van der Waals surface area contributed by atoms with Gasteiger partial charge in [-0.1, -0.05) is 60.0 Å². The molecule has 1 aromatic heterocycles. The molecule has 4 rings (SSSR count). The first kappa shape index (κ1) is 20.2. The fraction of sp³-hybridized carbons (Fsp3) is 0.143. The molecule has 0 radical (unpaired) electrons. The molecule has 0 spiro atoms. The summed E-state index contributed by atoms with van der Waals surface area (Å²) in [5.41, 5.74) is 2.99. The van der Waals surface area contributed by atoms with Crippen molar-refractivity contribution in [3.8, 4) is 0 Å². The number of aromatic nitrogens is 2. The molecule has 2 amide bonds. The maximum Gasteiger partial charge on any atom is 0.258 e. The van der Waals surface area contributed by atoms with Crippen LogP contribution < -0.4 is 5.32 Å². The second kappa shape index (κ2) is 8.76. The Kier molecular flexibility index (Phi) is 5.91. The van der Waals surface area contributed by atoms with Crippen molar-refractivity contribution in [3.63, 3.8) is 0 Å². The van der Waals surface area contributed by atoms with Gasteiger partial charge in [0.2, 0.25) is 11.0 Å². The number of carbonyl (C=O) groups is 2. The molecule has 1 aliphatic heterocycles. The van der Waals surface area contributed by atoms with E-state index in [0.717, 1.165) is 11.1 Å². The molecule has 0 bridgehead atoms. The first-order chi connectivity index (χ1) is 14.5. The van der Waals surface area contributed by atoms with Crippen molar-refractivity contribution in [2.45, 2.75) is 16.5 Å². The highest BCUT2D eigenvalue weighted by molar-refractivity contribution is 8.00. The molecule has 0 fully saturated rings. The lowest BCUT2D eigenvalue weighted by molar-refractivity contribution is -0.116. The zero-order valence-electron chi connectivity index (χ0n) is 15.8. The molecule has 0 saturated heterocycles. The van der Waals surface area contributed by atoms with Crippen molar-refractivity contribution in [1.29, 1.82) is 0 Å². The van der Waals surface area contributed by atoms with Gasteiger partial charge in [-0.15, -0.1) is 10.2 Å². The molecule has 3 aromatic rings. The van der Waals surface area contributed by atoms with Crippen molar-refractivity contribution in [1.82, 2.24) is 15.1 Å². The Morgan fingerprint density at radius 2 is 1.87 bits per heavy atom. The number of halogens is 1. The quantitative estimate of drug-likeness (QED) is 0.435. The van der Waals surface area contributed by atoms with E-state index in [-0.39, 0.29) is 30.6 Å². The van der Waals surface area contributed by atoms with Gasteiger partial charge in [-0.2, -0.15) is 0 Å². The van der Waals surface area contributed by atoms with Crippen LogP contribution in [0.25, 0.3) is 5.70 Å². The third-order valence-corrected chi connectivity index (χ3v) is 6.57. The van der Waals surface area contributed by atoms with Gasteiger partial charge in [0.25, 0.3) is 5.91 Å². The van der Waals surface area contributed by atoms with Gasteiger partial charge in [-0.05, 0) is 23.8 Å². The number of rotatable bonds is 7. The number of amides is 2. The largest absolute Gasteiger partial charge is 0.308 e. The van der Waals surface area contributed by atoms with Crippen molar-refractivity contribution in [2.75, 3.05) is 11.9 Å². The minimum atomic E-state index is -0.271. The molecule has 1 aliphatic rings. The molecule has 30 heavy (non-hydrogen) atoms. The minimum absolute atomic E-state index is 0.121. The van der Waals surface area contributed by atoms with E-state index in [2.05, 4.69) is 22.1 Å². The van der Waals surface area contributed by atoms with Gasteiger partial charge in [0, 0.05) is 35.5 Å². The van der Waals surface area contributed by atoms with Crippen LogP contribution in [0.1, 0.15) is 27.9 Å². The first-order valence-corrected chi connectivity index (χ1v) is 10.9. The number of nitrogens with zero attached hydrogens (tertiary/aromatic N) is 3. The van der Waals surface area contributed by atoms with Gasteiger partial charge < -0.3 is 10.2 Å². The summed E-state index contributed by atoms with van der Waals surface area (Å²) in [6, 6.07) is 13.5. The van der Waals surface area contributed by atoms with Gasteiger partial charge in [0.15, 0.2) is 4.34 Å². The number of hydrogen-bond donors (Lipinski definition) is 1. The Bertz CT molecular complexity index is 1080. The van der Waals surface area contributed by atoms with Crippen LogP contribution in [0.2, 0.25) is 0 Å². The predicted octanol–water partition coefficient (Wildman–Crippen LogP) is 4.42. The lowest BCUT2D eigenvalue weighted by Crippen LogP contribution is -2.27. The average Bonchev–Trinajstić information content (AvgIpc) is 3.29. The highest BCUT2D eigenvalue weighted by atomic mass is 32.2. The van der Waals surface area contributed by atoms with Gasteiger partial charge in [0.05, 0.1) is 0 Å². The highest BCUT2D eigenvalue weighted by Crippen LogP contribution is 2.31. The topological polar surface area (TPSA) is 75.2 Å². The lowest BCUT2D eigenvalue weighted by Gasteiger charge is -2.16. The minimum Gasteiger partial charge on any atom is -0.308 e. The van der Waals surface area contributed by atoms with Gasteiger partial charge >= 0.3 is 0 Å². The van der Waals surface area contributed by atoms with Crippen molar-refractivity contribution >= 4 is 45.7 Å².